The van der Waals surface area contributed by atoms with E-state index in [0.717, 1.165) is 0 Å². The molecule has 11 nitrogen and oxygen atoms in total. The maximum Gasteiger partial charge on any atom is 0.184 e. The molecule has 2 aliphatic rings. The number of hydrogen-bond donors (Lipinski definition) is 9. The molecule has 0 saturated carbocycles. The number of aliphatic hydroxyl groups is 9. The highest BCUT2D eigenvalue weighted by atomic mass is 16.6. The van der Waals surface area contributed by atoms with Crippen molar-refractivity contribution in [2.75, 3.05) is 13.2 Å². The van der Waals surface area contributed by atoms with Crippen molar-refractivity contribution in [1.82, 2.24) is 0 Å². The van der Waals surface area contributed by atoms with Gasteiger partial charge in [-0.2, -0.15) is 0 Å². The highest BCUT2D eigenvalue weighted by Crippen LogP contribution is 2.38. The summed E-state index contributed by atoms with van der Waals surface area (Å²) < 4.78 is 9.97. The molecule has 10 atom stereocenters. The first-order chi connectivity index (χ1) is 10.7. The van der Waals surface area contributed by atoms with E-state index in [1.165, 1.54) is 0 Å². The van der Waals surface area contributed by atoms with Crippen LogP contribution in [0.25, 0.3) is 0 Å². The molecule has 2 saturated heterocycles. The molecule has 23 heavy (non-hydrogen) atoms. The zero-order chi connectivity index (χ0) is 17.5. The van der Waals surface area contributed by atoms with Gasteiger partial charge in [-0.15, -0.1) is 0 Å². The lowest BCUT2D eigenvalue weighted by Gasteiger charge is -2.54. The third-order valence-electron chi connectivity index (χ3n) is 4.42. The maximum atomic E-state index is 10.7. The van der Waals surface area contributed by atoms with Crippen LogP contribution in [0, 0.1) is 0 Å². The third-order valence-corrected chi connectivity index (χ3v) is 4.42. The summed E-state index contributed by atoms with van der Waals surface area (Å²) in [6, 6.07) is 0. The Kier molecular flexibility index (Phi) is 5.60. The minimum Gasteiger partial charge on any atom is -0.394 e. The molecule has 0 aromatic heterocycles. The standard InChI is InChI=1S/C12H22O11/c13-1-3-5(15)6(16)7(17)10(22-3)12(21)4(2-14)23-11(20)8(18)9(12)19/h3-11,13-21H,1-2H2/t3-,4-,5-,6+,7+,8-,9-,10-,11+,12-/m1/s1. The summed E-state index contributed by atoms with van der Waals surface area (Å²) in [6.45, 7) is -1.70. The predicted octanol–water partition coefficient (Wildman–Crippen LogP) is -6.01. The van der Waals surface area contributed by atoms with Crippen LogP contribution < -0.4 is 0 Å². The maximum absolute atomic E-state index is 10.7. The second kappa shape index (κ2) is 6.82. The molecule has 0 radical (unpaired) electrons. The fourth-order valence-electron chi connectivity index (χ4n) is 3.00. The van der Waals surface area contributed by atoms with Gasteiger partial charge in [0, 0.05) is 0 Å². The van der Waals surface area contributed by atoms with E-state index in [9.17, 15) is 40.9 Å². The largest absolute Gasteiger partial charge is 0.394 e. The molecule has 2 rings (SSSR count). The Morgan fingerprint density at radius 1 is 0.739 bits per heavy atom. The molecule has 0 aromatic carbocycles. The first-order valence-corrected chi connectivity index (χ1v) is 7.03. The Morgan fingerprint density at radius 3 is 1.87 bits per heavy atom. The van der Waals surface area contributed by atoms with E-state index >= 15 is 0 Å². The molecular formula is C12H22O11. The molecule has 2 heterocycles. The average Bonchev–Trinajstić information content (AvgIpc) is 2.54. The Balaban J connectivity index is 2.38. The van der Waals surface area contributed by atoms with E-state index in [-0.39, 0.29) is 0 Å². The summed E-state index contributed by atoms with van der Waals surface area (Å²) in [5.41, 5.74) is -2.64. The third kappa shape index (κ3) is 2.88. The number of aliphatic hydroxyl groups excluding tert-OH is 8. The van der Waals surface area contributed by atoms with Crippen molar-refractivity contribution in [1.29, 1.82) is 0 Å². The van der Waals surface area contributed by atoms with Crippen molar-refractivity contribution in [2.45, 2.75) is 60.7 Å². The van der Waals surface area contributed by atoms with Gasteiger partial charge < -0.3 is 55.4 Å². The summed E-state index contributed by atoms with van der Waals surface area (Å²) in [5, 5.41) is 88.0. The highest BCUT2D eigenvalue weighted by Gasteiger charge is 2.63. The van der Waals surface area contributed by atoms with Crippen LogP contribution in [0.2, 0.25) is 0 Å². The van der Waals surface area contributed by atoms with Gasteiger partial charge in [-0.3, -0.25) is 0 Å². The van der Waals surface area contributed by atoms with E-state index in [2.05, 4.69) is 0 Å². The monoisotopic (exact) mass is 342 g/mol. The van der Waals surface area contributed by atoms with Gasteiger partial charge in [0.25, 0.3) is 0 Å². The summed E-state index contributed by atoms with van der Waals surface area (Å²) in [6.07, 6.45) is -16.4. The van der Waals surface area contributed by atoms with Crippen LogP contribution in [0.3, 0.4) is 0 Å². The Labute approximate surface area is 130 Å². The van der Waals surface area contributed by atoms with E-state index in [1.807, 2.05) is 0 Å². The molecule has 9 N–H and O–H groups in total. The number of hydrogen-bond acceptors (Lipinski definition) is 11. The lowest BCUT2D eigenvalue weighted by molar-refractivity contribution is -0.367. The molecule has 0 aromatic rings. The minimum atomic E-state index is -2.64. The van der Waals surface area contributed by atoms with Crippen molar-refractivity contribution in [3.8, 4) is 0 Å². The van der Waals surface area contributed by atoms with Crippen molar-refractivity contribution in [3.63, 3.8) is 0 Å². The van der Waals surface area contributed by atoms with Crippen molar-refractivity contribution >= 4 is 0 Å². The van der Waals surface area contributed by atoms with Crippen LogP contribution >= 0.6 is 0 Å². The lowest BCUT2D eigenvalue weighted by atomic mass is 9.75. The normalized spacial score (nSPS) is 54.9. The van der Waals surface area contributed by atoms with E-state index in [4.69, 9.17) is 14.6 Å². The fourth-order valence-corrected chi connectivity index (χ4v) is 3.00. The van der Waals surface area contributed by atoms with Gasteiger partial charge in [-0.1, -0.05) is 0 Å². The van der Waals surface area contributed by atoms with Crippen LogP contribution in [0.5, 0.6) is 0 Å². The Morgan fingerprint density at radius 2 is 1.35 bits per heavy atom. The average molecular weight is 342 g/mol. The van der Waals surface area contributed by atoms with Crippen LogP contribution in [-0.4, -0.2) is 120 Å². The molecule has 0 bridgehead atoms. The minimum absolute atomic E-state index is 0.774. The van der Waals surface area contributed by atoms with Crippen LogP contribution in [0.4, 0.5) is 0 Å². The van der Waals surface area contributed by atoms with Crippen LogP contribution in [0.15, 0.2) is 0 Å². The van der Waals surface area contributed by atoms with Crippen molar-refractivity contribution in [3.05, 3.63) is 0 Å². The molecule has 0 aliphatic carbocycles. The number of rotatable bonds is 3. The van der Waals surface area contributed by atoms with Gasteiger partial charge in [0.15, 0.2) is 11.9 Å². The van der Waals surface area contributed by atoms with Gasteiger partial charge in [0.05, 0.1) is 13.2 Å². The van der Waals surface area contributed by atoms with Gasteiger partial charge in [0.2, 0.25) is 0 Å². The molecule has 2 aliphatic heterocycles. The van der Waals surface area contributed by atoms with E-state index < -0.39 is 73.9 Å². The number of ether oxygens (including phenoxy) is 2. The molecular weight excluding hydrogens is 320 g/mol. The van der Waals surface area contributed by atoms with Gasteiger partial charge in [-0.25, -0.2) is 0 Å². The quantitative estimate of drug-likeness (QED) is 0.236. The summed E-state index contributed by atoms with van der Waals surface area (Å²) >= 11 is 0. The van der Waals surface area contributed by atoms with Gasteiger partial charge in [-0.05, 0) is 0 Å². The highest BCUT2D eigenvalue weighted by molar-refractivity contribution is 5.11. The molecule has 136 valence electrons. The van der Waals surface area contributed by atoms with Crippen molar-refractivity contribution < 1.29 is 55.4 Å². The zero-order valence-electron chi connectivity index (χ0n) is 12.0. The molecule has 2 fully saturated rings. The van der Waals surface area contributed by atoms with Crippen molar-refractivity contribution in [2.24, 2.45) is 0 Å². The van der Waals surface area contributed by atoms with Gasteiger partial charge in [0.1, 0.15) is 48.8 Å². The summed E-state index contributed by atoms with van der Waals surface area (Å²) in [7, 11) is 0. The molecule has 11 heteroatoms. The molecule has 0 spiro atoms. The van der Waals surface area contributed by atoms with Crippen LogP contribution in [-0.2, 0) is 9.47 Å². The zero-order valence-corrected chi connectivity index (χ0v) is 12.0. The molecule has 0 amide bonds. The Bertz CT molecular complexity index is 402. The fraction of sp³-hybridized carbons (Fsp3) is 1.00. The first-order valence-electron chi connectivity index (χ1n) is 7.03. The molecule has 0 unspecified atom stereocenters. The second-order valence-electron chi connectivity index (χ2n) is 5.77. The Hall–Kier alpha value is -0.440. The first kappa shape index (κ1) is 18.9. The van der Waals surface area contributed by atoms with E-state index in [0.29, 0.717) is 0 Å². The summed E-state index contributed by atoms with van der Waals surface area (Å²) in [5.74, 6) is 0. The smallest absolute Gasteiger partial charge is 0.184 e. The summed E-state index contributed by atoms with van der Waals surface area (Å²) in [4.78, 5) is 0. The van der Waals surface area contributed by atoms with Gasteiger partial charge >= 0.3 is 0 Å². The van der Waals surface area contributed by atoms with E-state index in [1.54, 1.807) is 0 Å². The predicted molar refractivity (Wildman–Crippen MR) is 68.7 cm³/mol. The van der Waals surface area contributed by atoms with Crippen LogP contribution in [0.1, 0.15) is 0 Å². The lowest BCUT2D eigenvalue weighted by Crippen LogP contribution is -2.77. The SMILES string of the molecule is OC[C@H]1O[C@@H]([C@]2(O)[C@H](O)[C@@H](O)[C@@H](O)O[C@@H]2CO)[C@@H](O)[C@@H](O)[C@@H]1O. The second-order valence-corrected chi connectivity index (χ2v) is 5.77. The topological polar surface area (TPSA) is 201 Å².